The van der Waals surface area contributed by atoms with Gasteiger partial charge in [-0.25, -0.2) is 0 Å². The summed E-state index contributed by atoms with van der Waals surface area (Å²) in [6, 6.07) is 4.31. The zero-order chi connectivity index (χ0) is 15.5. The molecular weight excluding hydrogens is 274 g/mol. The number of piperidine rings is 1. The van der Waals surface area contributed by atoms with Crippen molar-refractivity contribution in [3.63, 3.8) is 0 Å². The number of pyridine rings is 1. The van der Waals surface area contributed by atoms with Crippen LogP contribution in [0, 0.1) is 13.8 Å². The van der Waals surface area contributed by atoms with Gasteiger partial charge >= 0.3 is 0 Å². The van der Waals surface area contributed by atoms with Crippen LogP contribution in [-0.4, -0.2) is 39.2 Å². The number of hydrogen-bond donors (Lipinski definition) is 1. The summed E-state index contributed by atoms with van der Waals surface area (Å²) < 4.78 is 0. The summed E-state index contributed by atoms with van der Waals surface area (Å²) in [5.74, 6) is 0. The molecule has 0 atom stereocenters. The summed E-state index contributed by atoms with van der Waals surface area (Å²) in [6.45, 7) is 7.22. The standard InChI is InChI=1S/C17H23N5/c1-12-13(2)17(14-3-7-19-8-4-14)21-20-16(12)11-22-9-5-15(18)6-10-22/h3-4,7-8,15H,5-6,9-11,18H2,1-2H3. The van der Waals surface area contributed by atoms with Crippen molar-refractivity contribution in [3.05, 3.63) is 41.3 Å². The van der Waals surface area contributed by atoms with Crippen molar-refractivity contribution in [2.45, 2.75) is 39.3 Å². The fourth-order valence-corrected chi connectivity index (χ4v) is 2.91. The first-order valence-corrected chi connectivity index (χ1v) is 7.86. The Morgan fingerprint density at radius 3 is 2.45 bits per heavy atom. The number of nitrogens with zero attached hydrogens (tertiary/aromatic N) is 4. The molecule has 1 saturated heterocycles. The number of hydrogen-bond acceptors (Lipinski definition) is 5. The molecule has 0 amide bonds. The molecule has 22 heavy (non-hydrogen) atoms. The van der Waals surface area contributed by atoms with Gasteiger partial charge in [-0.1, -0.05) is 0 Å². The van der Waals surface area contributed by atoms with Crippen LogP contribution in [0.4, 0.5) is 0 Å². The van der Waals surface area contributed by atoms with Crippen LogP contribution in [0.3, 0.4) is 0 Å². The first-order chi connectivity index (χ1) is 10.6. The fourth-order valence-electron chi connectivity index (χ4n) is 2.91. The smallest absolute Gasteiger partial charge is 0.0962 e. The van der Waals surface area contributed by atoms with E-state index in [1.807, 2.05) is 12.1 Å². The minimum absolute atomic E-state index is 0.360. The van der Waals surface area contributed by atoms with Gasteiger partial charge in [-0.3, -0.25) is 9.88 Å². The van der Waals surface area contributed by atoms with Gasteiger partial charge in [0.2, 0.25) is 0 Å². The average molecular weight is 297 g/mol. The quantitative estimate of drug-likeness (QED) is 0.939. The number of aromatic nitrogens is 3. The minimum atomic E-state index is 0.360. The molecule has 3 heterocycles. The first kappa shape index (κ1) is 15.1. The third-order valence-corrected chi connectivity index (χ3v) is 4.58. The van der Waals surface area contributed by atoms with E-state index in [0.717, 1.165) is 49.4 Å². The third kappa shape index (κ3) is 3.15. The molecule has 5 heteroatoms. The number of nitrogens with two attached hydrogens (primary N) is 1. The van der Waals surface area contributed by atoms with Crippen molar-refractivity contribution >= 4 is 0 Å². The van der Waals surface area contributed by atoms with Gasteiger partial charge in [0.05, 0.1) is 11.4 Å². The molecule has 116 valence electrons. The van der Waals surface area contributed by atoms with Gasteiger partial charge in [0, 0.05) is 43.6 Å². The highest BCUT2D eigenvalue weighted by Crippen LogP contribution is 2.24. The lowest BCUT2D eigenvalue weighted by molar-refractivity contribution is 0.202. The average Bonchev–Trinajstić information content (AvgIpc) is 2.55. The van der Waals surface area contributed by atoms with E-state index < -0.39 is 0 Å². The lowest BCUT2D eigenvalue weighted by atomic mass is 10.0. The van der Waals surface area contributed by atoms with Gasteiger partial charge in [-0.15, -0.1) is 5.10 Å². The predicted molar refractivity (Wildman–Crippen MR) is 87.2 cm³/mol. The normalized spacial score (nSPS) is 16.9. The van der Waals surface area contributed by atoms with E-state index in [2.05, 4.69) is 33.9 Å². The van der Waals surface area contributed by atoms with Crippen LogP contribution in [0.25, 0.3) is 11.3 Å². The van der Waals surface area contributed by atoms with Crippen molar-refractivity contribution in [3.8, 4) is 11.3 Å². The van der Waals surface area contributed by atoms with E-state index in [-0.39, 0.29) is 0 Å². The van der Waals surface area contributed by atoms with Crippen molar-refractivity contribution in [2.75, 3.05) is 13.1 Å². The Labute approximate surface area is 131 Å². The monoisotopic (exact) mass is 297 g/mol. The van der Waals surface area contributed by atoms with Gasteiger partial charge in [0.15, 0.2) is 0 Å². The molecule has 0 radical (unpaired) electrons. The fraction of sp³-hybridized carbons (Fsp3) is 0.471. The molecule has 1 aliphatic heterocycles. The second-order valence-electron chi connectivity index (χ2n) is 6.09. The lowest BCUT2D eigenvalue weighted by Crippen LogP contribution is -2.39. The largest absolute Gasteiger partial charge is 0.328 e. The maximum atomic E-state index is 5.97. The Morgan fingerprint density at radius 1 is 1.09 bits per heavy atom. The van der Waals surface area contributed by atoms with E-state index in [4.69, 9.17) is 5.73 Å². The van der Waals surface area contributed by atoms with E-state index in [0.29, 0.717) is 6.04 Å². The maximum Gasteiger partial charge on any atom is 0.0962 e. The number of rotatable bonds is 3. The van der Waals surface area contributed by atoms with Crippen molar-refractivity contribution in [1.82, 2.24) is 20.1 Å². The molecule has 2 N–H and O–H groups in total. The minimum Gasteiger partial charge on any atom is -0.328 e. The highest BCUT2D eigenvalue weighted by molar-refractivity contribution is 5.63. The van der Waals surface area contributed by atoms with Crippen LogP contribution in [0.15, 0.2) is 24.5 Å². The summed E-state index contributed by atoms with van der Waals surface area (Å²) in [4.78, 5) is 6.48. The van der Waals surface area contributed by atoms with Gasteiger partial charge in [-0.2, -0.15) is 5.10 Å². The predicted octanol–water partition coefficient (Wildman–Crippen LogP) is 2.08. The molecule has 0 aromatic carbocycles. The van der Waals surface area contributed by atoms with Crippen LogP contribution in [0.5, 0.6) is 0 Å². The summed E-state index contributed by atoms with van der Waals surface area (Å²) in [7, 11) is 0. The van der Waals surface area contributed by atoms with Gasteiger partial charge in [0.25, 0.3) is 0 Å². The molecule has 1 fully saturated rings. The zero-order valence-corrected chi connectivity index (χ0v) is 13.3. The second kappa shape index (κ2) is 6.50. The molecule has 0 spiro atoms. The Balaban J connectivity index is 1.81. The van der Waals surface area contributed by atoms with Crippen molar-refractivity contribution in [1.29, 1.82) is 0 Å². The zero-order valence-electron chi connectivity index (χ0n) is 13.3. The summed E-state index contributed by atoms with van der Waals surface area (Å²) in [5.41, 5.74) is 11.5. The lowest BCUT2D eigenvalue weighted by Gasteiger charge is -2.30. The van der Waals surface area contributed by atoms with Crippen LogP contribution < -0.4 is 5.73 Å². The Morgan fingerprint density at radius 2 is 1.77 bits per heavy atom. The van der Waals surface area contributed by atoms with Gasteiger partial charge < -0.3 is 5.73 Å². The van der Waals surface area contributed by atoms with Crippen LogP contribution in [0.2, 0.25) is 0 Å². The molecule has 0 aliphatic carbocycles. The summed E-state index contributed by atoms with van der Waals surface area (Å²) in [5, 5.41) is 8.95. The molecular formula is C17H23N5. The van der Waals surface area contributed by atoms with Gasteiger partial charge in [-0.05, 0) is 49.9 Å². The van der Waals surface area contributed by atoms with E-state index in [1.165, 1.54) is 11.1 Å². The first-order valence-electron chi connectivity index (χ1n) is 7.86. The van der Waals surface area contributed by atoms with E-state index in [1.54, 1.807) is 12.4 Å². The summed E-state index contributed by atoms with van der Waals surface area (Å²) in [6.07, 6.45) is 5.72. The van der Waals surface area contributed by atoms with Gasteiger partial charge in [0.1, 0.15) is 0 Å². The Bertz CT molecular complexity index is 633. The maximum absolute atomic E-state index is 5.97. The topological polar surface area (TPSA) is 67.9 Å². The van der Waals surface area contributed by atoms with E-state index >= 15 is 0 Å². The van der Waals surface area contributed by atoms with Crippen molar-refractivity contribution in [2.24, 2.45) is 5.73 Å². The molecule has 0 unspecified atom stereocenters. The third-order valence-electron chi connectivity index (χ3n) is 4.58. The van der Waals surface area contributed by atoms with Crippen LogP contribution in [-0.2, 0) is 6.54 Å². The number of likely N-dealkylation sites (tertiary alicyclic amines) is 1. The molecule has 0 bridgehead atoms. The SMILES string of the molecule is Cc1c(CN2CCC(N)CC2)nnc(-c2ccncc2)c1C. The highest BCUT2D eigenvalue weighted by atomic mass is 15.2. The van der Waals surface area contributed by atoms with Crippen LogP contribution >= 0.6 is 0 Å². The molecule has 0 saturated carbocycles. The molecule has 2 aromatic heterocycles. The molecule has 2 aromatic rings. The molecule has 5 nitrogen and oxygen atoms in total. The Hall–Kier alpha value is -1.85. The van der Waals surface area contributed by atoms with E-state index in [9.17, 15) is 0 Å². The Kier molecular flexibility index (Phi) is 4.45. The highest BCUT2D eigenvalue weighted by Gasteiger charge is 2.18. The second-order valence-corrected chi connectivity index (χ2v) is 6.09. The molecule has 1 aliphatic rings. The van der Waals surface area contributed by atoms with Crippen molar-refractivity contribution < 1.29 is 0 Å². The van der Waals surface area contributed by atoms with Crippen LogP contribution in [0.1, 0.15) is 29.7 Å². The molecule has 3 rings (SSSR count). The summed E-state index contributed by atoms with van der Waals surface area (Å²) >= 11 is 0.